The highest BCUT2D eigenvalue weighted by atomic mass is 16.2. The maximum Gasteiger partial charge on any atom is 0.324 e. The van der Waals surface area contributed by atoms with E-state index in [0.717, 1.165) is 32.5 Å². The van der Waals surface area contributed by atoms with Crippen LogP contribution in [-0.4, -0.2) is 54.0 Å². The third kappa shape index (κ3) is 4.20. The molecule has 0 spiro atoms. The Labute approximate surface area is 137 Å². The lowest BCUT2D eigenvalue weighted by molar-refractivity contribution is -0.121. The third-order valence-electron chi connectivity index (χ3n) is 4.56. The van der Waals surface area contributed by atoms with Crippen LogP contribution in [0.25, 0.3) is 6.08 Å². The Kier molecular flexibility index (Phi) is 5.08. The highest BCUT2D eigenvalue weighted by molar-refractivity contribution is 5.96. The van der Waals surface area contributed by atoms with Gasteiger partial charge in [-0.1, -0.05) is 42.5 Å². The maximum atomic E-state index is 11.9. The first-order valence-electron chi connectivity index (χ1n) is 8.27. The molecule has 1 aromatic carbocycles. The van der Waals surface area contributed by atoms with Crippen molar-refractivity contribution in [3.63, 3.8) is 0 Å². The molecule has 2 saturated heterocycles. The van der Waals surface area contributed by atoms with Gasteiger partial charge >= 0.3 is 6.03 Å². The molecule has 0 aliphatic carbocycles. The van der Waals surface area contributed by atoms with E-state index < -0.39 is 0 Å². The van der Waals surface area contributed by atoms with Gasteiger partial charge in [0.15, 0.2) is 0 Å². The number of carbonyl (C=O) groups excluding carboxylic acids is 2. The maximum absolute atomic E-state index is 11.9. The summed E-state index contributed by atoms with van der Waals surface area (Å²) < 4.78 is 0. The summed E-state index contributed by atoms with van der Waals surface area (Å²) >= 11 is 0. The zero-order valence-electron chi connectivity index (χ0n) is 13.3. The van der Waals surface area contributed by atoms with Crippen molar-refractivity contribution >= 4 is 18.0 Å². The van der Waals surface area contributed by atoms with Gasteiger partial charge in [0.05, 0.1) is 0 Å². The Morgan fingerprint density at radius 1 is 1.09 bits per heavy atom. The molecule has 2 heterocycles. The molecule has 23 heavy (non-hydrogen) atoms. The first-order valence-corrected chi connectivity index (χ1v) is 8.27. The number of carbonyl (C=O) groups is 2. The molecule has 5 nitrogen and oxygen atoms in total. The van der Waals surface area contributed by atoms with E-state index >= 15 is 0 Å². The van der Waals surface area contributed by atoms with Crippen LogP contribution >= 0.6 is 0 Å². The lowest BCUT2D eigenvalue weighted by atomic mass is 10.0. The predicted octanol–water partition coefficient (Wildman–Crippen LogP) is 2.11. The Morgan fingerprint density at radius 3 is 2.52 bits per heavy atom. The largest absolute Gasteiger partial charge is 0.324 e. The number of amides is 3. The van der Waals surface area contributed by atoms with Gasteiger partial charge in [-0.25, -0.2) is 4.79 Å². The fraction of sp³-hybridized carbons (Fsp3) is 0.444. The van der Waals surface area contributed by atoms with Crippen LogP contribution in [0.2, 0.25) is 0 Å². The third-order valence-corrected chi connectivity index (χ3v) is 4.56. The van der Waals surface area contributed by atoms with E-state index in [1.54, 1.807) is 0 Å². The molecule has 1 N–H and O–H groups in total. The number of benzene rings is 1. The average Bonchev–Trinajstić information content (AvgIpc) is 2.57. The Balaban J connectivity index is 1.44. The highest BCUT2D eigenvalue weighted by Gasteiger charge is 2.31. The van der Waals surface area contributed by atoms with Crippen molar-refractivity contribution in [2.75, 3.05) is 26.2 Å². The summed E-state index contributed by atoms with van der Waals surface area (Å²) in [6.07, 6.45) is 6.71. The molecule has 3 amide bonds. The summed E-state index contributed by atoms with van der Waals surface area (Å²) in [5.74, 6) is -0.158. The summed E-state index contributed by atoms with van der Waals surface area (Å²) in [7, 11) is 0. The monoisotopic (exact) mass is 313 g/mol. The van der Waals surface area contributed by atoms with E-state index in [1.807, 2.05) is 23.1 Å². The van der Waals surface area contributed by atoms with E-state index in [0.29, 0.717) is 13.0 Å². The van der Waals surface area contributed by atoms with E-state index in [4.69, 9.17) is 0 Å². The van der Waals surface area contributed by atoms with Crippen molar-refractivity contribution < 1.29 is 9.59 Å². The normalized spacial score (nSPS) is 21.0. The van der Waals surface area contributed by atoms with Crippen molar-refractivity contribution in [1.29, 1.82) is 0 Å². The fourth-order valence-electron chi connectivity index (χ4n) is 3.24. The van der Waals surface area contributed by atoms with Gasteiger partial charge in [-0.05, 0) is 18.4 Å². The number of urea groups is 1. The number of nitrogens with one attached hydrogen (secondary N) is 1. The van der Waals surface area contributed by atoms with Crippen LogP contribution in [0.5, 0.6) is 0 Å². The standard InChI is InChI=1S/C18H23N3O2/c22-17-10-14-21(18(23)19-17)16-8-12-20(13-9-16)11-4-7-15-5-2-1-3-6-15/h1-7,16H,8-14H2,(H,19,22,23)/b7-4-. The first kappa shape index (κ1) is 15.7. The van der Waals surface area contributed by atoms with E-state index in [-0.39, 0.29) is 18.0 Å². The molecular weight excluding hydrogens is 290 g/mol. The molecule has 2 aliphatic heterocycles. The Bertz CT molecular complexity index is 577. The van der Waals surface area contributed by atoms with Crippen LogP contribution in [0.15, 0.2) is 36.4 Å². The molecule has 122 valence electrons. The topological polar surface area (TPSA) is 52.7 Å². The molecule has 2 fully saturated rings. The van der Waals surface area contributed by atoms with Crippen LogP contribution in [0, 0.1) is 0 Å². The van der Waals surface area contributed by atoms with Gasteiger partial charge in [-0.3, -0.25) is 15.0 Å². The number of hydrogen-bond acceptors (Lipinski definition) is 3. The lowest BCUT2D eigenvalue weighted by Gasteiger charge is -2.39. The molecule has 5 heteroatoms. The van der Waals surface area contributed by atoms with Crippen molar-refractivity contribution in [2.45, 2.75) is 25.3 Å². The predicted molar refractivity (Wildman–Crippen MR) is 89.8 cm³/mol. The number of nitrogens with zero attached hydrogens (tertiary/aromatic N) is 2. The van der Waals surface area contributed by atoms with Crippen LogP contribution in [0.4, 0.5) is 4.79 Å². The van der Waals surface area contributed by atoms with Crippen molar-refractivity contribution in [2.24, 2.45) is 0 Å². The summed E-state index contributed by atoms with van der Waals surface area (Å²) in [5.41, 5.74) is 1.22. The summed E-state index contributed by atoms with van der Waals surface area (Å²) in [6.45, 7) is 3.47. The van der Waals surface area contributed by atoms with Crippen molar-refractivity contribution in [3.8, 4) is 0 Å². The molecule has 2 aliphatic rings. The van der Waals surface area contributed by atoms with Crippen LogP contribution in [0.3, 0.4) is 0 Å². The minimum absolute atomic E-state index is 0.158. The molecule has 0 radical (unpaired) electrons. The van der Waals surface area contributed by atoms with Crippen LogP contribution in [0.1, 0.15) is 24.8 Å². The van der Waals surface area contributed by atoms with Crippen LogP contribution < -0.4 is 5.32 Å². The highest BCUT2D eigenvalue weighted by Crippen LogP contribution is 2.18. The number of rotatable bonds is 4. The molecule has 0 unspecified atom stereocenters. The van der Waals surface area contributed by atoms with Gasteiger partial charge in [-0.2, -0.15) is 0 Å². The van der Waals surface area contributed by atoms with Gasteiger partial charge in [0, 0.05) is 38.6 Å². The van der Waals surface area contributed by atoms with E-state index in [2.05, 4.69) is 34.5 Å². The van der Waals surface area contributed by atoms with Crippen LogP contribution in [-0.2, 0) is 4.79 Å². The minimum Gasteiger partial charge on any atom is -0.321 e. The Hall–Kier alpha value is -2.14. The lowest BCUT2D eigenvalue weighted by Crippen LogP contribution is -2.55. The molecule has 3 rings (SSSR count). The quantitative estimate of drug-likeness (QED) is 0.926. The summed E-state index contributed by atoms with van der Waals surface area (Å²) in [5, 5.41) is 2.41. The molecule has 0 saturated carbocycles. The minimum atomic E-state index is -0.219. The second-order valence-electron chi connectivity index (χ2n) is 6.14. The number of likely N-dealkylation sites (tertiary alicyclic amines) is 1. The zero-order valence-corrected chi connectivity index (χ0v) is 13.3. The van der Waals surface area contributed by atoms with Gasteiger partial charge in [-0.15, -0.1) is 0 Å². The molecule has 0 aromatic heterocycles. The molecule has 1 aromatic rings. The zero-order chi connectivity index (χ0) is 16.1. The fourth-order valence-corrected chi connectivity index (χ4v) is 3.24. The second kappa shape index (κ2) is 7.42. The van der Waals surface area contributed by atoms with E-state index in [9.17, 15) is 9.59 Å². The SMILES string of the molecule is O=C1CCN(C2CCN(C/C=C\c3ccccc3)CC2)C(=O)N1. The first-order chi connectivity index (χ1) is 11.2. The average molecular weight is 313 g/mol. The van der Waals surface area contributed by atoms with Gasteiger partial charge in [0.2, 0.25) is 5.91 Å². The second-order valence-corrected chi connectivity index (χ2v) is 6.14. The molecule has 0 bridgehead atoms. The number of imide groups is 1. The van der Waals surface area contributed by atoms with Crippen molar-refractivity contribution in [3.05, 3.63) is 42.0 Å². The van der Waals surface area contributed by atoms with Crippen molar-refractivity contribution in [1.82, 2.24) is 15.1 Å². The summed E-state index contributed by atoms with van der Waals surface area (Å²) in [4.78, 5) is 27.3. The summed E-state index contributed by atoms with van der Waals surface area (Å²) in [6, 6.07) is 10.3. The van der Waals surface area contributed by atoms with Gasteiger partial charge < -0.3 is 4.90 Å². The number of piperidine rings is 1. The van der Waals surface area contributed by atoms with Gasteiger partial charge in [0.25, 0.3) is 0 Å². The van der Waals surface area contributed by atoms with Gasteiger partial charge in [0.1, 0.15) is 0 Å². The molecular formula is C18H23N3O2. The van der Waals surface area contributed by atoms with E-state index in [1.165, 1.54) is 5.56 Å². The Morgan fingerprint density at radius 2 is 1.83 bits per heavy atom. The number of hydrogen-bond donors (Lipinski definition) is 1. The molecule has 0 atom stereocenters. The smallest absolute Gasteiger partial charge is 0.321 e.